The molecule has 5 nitrogen and oxygen atoms in total. The molecule has 2 aliphatic heterocycles. The molecule has 0 bridgehead atoms. The molecule has 4 atom stereocenters. The Balaban J connectivity index is 2.02. The van der Waals surface area contributed by atoms with Gasteiger partial charge in [0.2, 0.25) is 5.41 Å². The first-order valence-corrected chi connectivity index (χ1v) is 10.5. The first-order chi connectivity index (χ1) is 14.8. The van der Waals surface area contributed by atoms with E-state index >= 15 is 0 Å². The SMILES string of the molecule is COc1cc(OC)cc([C@@H]2[C@@H](C(C)(C)C)C(C#N)(C#N)[C@H]3c4ccccc4C=C[NH+]23)c1. The van der Waals surface area contributed by atoms with Crippen LogP contribution in [0.2, 0.25) is 0 Å². The summed E-state index contributed by atoms with van der Waals surface area (Å²) < 4.78 is 11.1. The second-order valence-corrected chi connectivity index (χ2v) is 9.46. The van der Waals surface area contributed by atoms with Crippen LogP contribution in [0, 0.1) is 39.4 Å². The molecule has 2 aromatic rings. The van der Waals surface area contributed by atoms with Crippen LogP contribution in [0.4, 0.5) is 0 Å². The van der Waals surface area contributed by atoms with Gasteiger partial charge in [-0.3, -0.25) is 4.90 Å². The minimum Gasteiger partial charge on any atom is -0.497 e. The average molecular weight is 415 g/mol. The monoisotopic (exact) mass is 414 g/mol. The summed E-state index contributed by atoms with van der Waals surface area (Å²) in [6.45, 7) is 6.37. The van der Waals surface area contributed by atoms with Gasteiger partial charge in [-0.1, -0.05) is 45.0 Å². The first-order valence-electron chi connectivity index (χ1n) is 10.5. The Labute approximate surface area is 184 Å². The number of rotatable bonds is 3. The molecular formula is C26H28N3O2+. The fourth-order valence-corrected chi connectivity index (χ4v) is 5.68. The molecule has 2 aliphatic rings. The van der Waals surface area contributed by atoms with Crippen LogP contribution in [-0.4, -0.2) is 14.2 Å². The van der Waals surface area contributed by atoms with E-state index in [0.717, 1.165) is 21.6 Å². The molecule has 31 heavy (non-hydrogen) atoms. The highest BCUT2D eigenvalue weighted by atomic mass is 16.5. The molecule has 0 saturated carbocycles. The number of hydrogen-bond donors (Lipinski definition) is 1. The Hall–Kier alpha value is -3.28. The molecule has 4 rings (SSSR count). The van der Waals surface area contributed by atoms with Crippen LogP contribution in [0.15, 0.2) is 48.7 Å². The second-order valence-electron chi connectivity index (χ2n) is 9.46. The Morgan fingerprint density at radius 3 is 2.13 bits per heavy atom. The molecule has 0 radical (unpaired) electrons. The molecule has 1 unspecified atom stereocenters. The molecule has 0 aromatic heterocycles. The standard InChI is InChI=1S/C26H27N3O2/c1-25(2,3)23-22(18-12-19(30-4)14-20(13-18)31-5)29-11-10-17-8-6-7-9-21(17)24(29)26(23,15-27)16-28/h6-14,22-24H,1-5H3/p+1/t22-,23+,24-/m1/s1. The maximum atomic E-state index is 10.5. The van der Waals surface area contributed by atoms with Crippen LogP contribution in [-0.2, 0) is 0 Å². The first kappa shape index (κ1) is 21.0. The summed E-state index contributed by atoms with van der Waals surface area (Å²) in [5.41, 5.74) is 1.65. The maximum Gasteiger partial charge on any atom is 0.208 e. The van der Waals surface area contributed by atoms with E-state index in [9.17, 15) is 10.5 Å². The van der Waals surface area contributed by atoms with Crippen LogP contribution in [0.5, 0.6) is 11.5 Å². The topological polar surface area (TPSA) is 70.5 Å². The molecule has 1 fully saturated rings. The Morgan fingerprint density at radius 2 is 1.58 bits per heavy atom. The highest BCUT2D eigenvalue weighted by molar-refractivity contribution is 5.57. The largest absolute Gasteiger partial charge is 0.497 e. The summed E-state index contributed by atoms with van der Waals surface area (Å²) in [7, 11) is 3.27. The number of nitriles is 2. The number of hydrogen-bond acceptors (Lipinski definition) is 4. The summed E-state index contributed by atoms with van der Waals surface area (Å²) in [5, 5.41) is 21.0. The van der Waals surface area contributed by atoms with Crippen molar-refractivity contribution >= 4 is 6.08 Å². The summed E-state index contributed by atoms with van der Waals surface area (Å²) >= 11 is 0. The van der Waals surface area contributed by atoms with Crippen molar-refractivity contribution in [3.8, 4) is 23.6 Å². The van der Waals surface area contributed by atoms with E-state index in [1.165, 1.54) is 0 Å². The van der Waals surface area contributed by atoms with Crippen molar-refractivity contribution in [1.82, 2.24) is 0 Å². The quantitative estimate of drug-likeness (QED) is 0.822. The molecule has 0 amide bonds. The summed E-state index contributed by atoms with van der Waals surface area (Å²) in [6, 6.07) is 18.6. The lowest BCUT2D eigenvalue weighted by atomic mass is 9.60. The van der Waals surface area contributed by atoms with Crippen LogP contribution >= 0.6 is 0 Å². The number of ether oxygens (including phenoxy) is 2. The third-order valence-electron chi connectivity index (χ3n) is 6.77. The van der Waals surface area contributed by atoms with Crippen LogP contribution in [0.25, 0.3) is 6.08 Å². The zero-order valence-corrected chi connectivity index (χ0v) is 18.6. The lowest BCUT2D eigenvalue weighted by Crippen LogP contribution is -3.07. The van der Waals surface area contributed by atoms with Gasteiger partial charge < -0.3 is 9.47 Å². The predicted octanol–water partition coefficient (Wildman–Crippen LogP) is 4.06. The van der Waals surface area contributed by atoms with Crippen molar-refractivity contribution in [2.75, 3.05) is 14.2 Å². The van der Waals surface area contributed by atoms with E-state index in [1.54, 1.807) is 14.2 Å². The highest BCUT2D eigenvalue weighted by Gasteiger charge is 2.68. The van der Waals surface area contributed by atoms with E-state index in [4.69, 9.17) is 9.47 Å². The lowest BCUT2D eigenvalue weighted by Gasteiger charge is -2.35. The van der Waals surface area contributed by atoms with Crippen LogP contribution in [0.3, 0.4) is 0 Å². The van der Waals surface area contributed by atoms with Crippen molar-refractivity contribution in [3.05, 3.63) is 65.4 Å². The van der Waals surface area contributed by atoms with Gasteiger partial charge in [-0.15, -0.1) is 0 Å². The van der Waals surface area contributed by atoms with Gasteiger partial charge in [0, 0.05) is 17.2 Å². The minimum absolute atomic E-state index is 0.113. The van der Waals surface area contributed by atoms with Gasteiger partial charge in [0.05, 0.1) is 38.5 Å². The Kier molecular flexibility index (Phi) is 5.04. The van der Waals surface area contributed by atoms with Crippen LogP contribution in [0.1, 0.15) is 49.5 Å². The molecule has 158 valence electrons. The summed E-state index contributed by atoms with van der Waals surface area (Å²) in [6.07, 6.45) is 4.23. The zero-order valence-electron chi connectivity index (χ0n) is 18.6. The number of quaternary nitrogens is 1. The summed E-state index contributed by atoms with van der Waals surface area (Å²) in [5.74, 6) is 1.18. The molecule has 0 aliphatic carbocycles. The van der Waals surface area contributed by atoms with Gasteiger partial charge in [-0.2, -0.15) is 10.5 Å². The smallest absolute Gasteiger partial charge is 0.208 e. The highest BCUT2D eigenvalue weighted by Crippen LogP contribution is 2.57. The lowest BCUT2D eigenvalue weighted by molar-refractivity contribution is -0.902. The normalized spacial score (nSPS) is 25.6. The maximum absolute atomic E-state index is 10.5. The fourth-order valence-electron chi connectivity index (χ4n) is 5.68. The van der Waals surface area contributed by atoms with E-state index < -0.39 is 5.41 Å². The Morgan fingerprint density at radius 1 is 0.968 bits per heavy atom. The number of nitrogens with zero attached hydrogens (tertiary/aromatic N) is 2. The molecule has 0 spiro atoms. The number of methoxy groups -OCH3 is 2. The van der Waals surface area contributed by atoms with Crippen molar-refractivity contribution in [1.29, 1.82) is 10.5 Å². The second kappa shape index (κ2) is 7.45. The fraction of sp³-hybridized carbons (Fsp3) is 0.385. The molecule has 2 aromatic carbocycles. The molecule has 2 heterocycles. The van der Waals surface area contributed by atoms with Gasteiger partial charge in [0.15, 0.2) is 6.04 Å². The molecule has 5 heteroatoms. The average Bonchev–Trinajstić information content (AvgIpc) is 3.10. The number of fused-ring (bicyclic) bond motifs is 3. The predicted molar refractivity (Wildman–Crippen MR) is 118 cm³/mol. The van der Waals surface area contributed by atoms with Crippen molar-refractivity contribution in [2.24, 2.45) is 16.7 Å². The van der Waals surface area contributed by atoms with Gasteiger partial charge in [0.25, 0.3) is 0 Å². The summed E-state index contributed by atoms with van der Waals surface area (Å²) in [4.78, 5) is 1.11. The van der Waals surface area contributed by atoms with E-state index in [1.807, 2.05) is 30.3 Å². The van der Waals surface area contributed by atoms with Gasteiger partial charge >= 0.3 is 0 Å². The Bertz CT molecular complexity index is 1080. The van der Waals surface area contributed by atoms with Crippen molar-refractivity contribution < 1.29 is 14.4 Å². The molecule has 1 saturated heterocycles. The molecular weight excluding hydrogens is 386 g/mol. The number of benzene rings is 2. The van der Waals surface area contributed by atoms with Crippen LogP contribution < -0.4 is 14.4 Å². The molecule has 1 N–H and O–H groups in total. The third kappa shape index (κ3) is 3.09. The van der Waals surface area contributed by atoms with Gasteiger partial charge in [0.1, 0.15) is 17.5 Å². The zero-order chi connectivity index (χ0) is 22.4. The third-order valence-corrected chi connectivity index (χ3v) is 6.77. The minimum atomic E-state index is -1.19. The van der Waals surface area contributed by atoms with Crippen molar-refractivity contribution in [3.63, 3.8) is 0 Å². The van der Waals surface area contributed by atoms with Crippen molar-refractivity contribution in [2.45, 2.75) is 32.9 Å². The van der Waals surface area contributed by atoms with Gasteiger partial charge in [-0.05, 0) is 29.2 Å². The van der Waals surface area contributed by atoms with E-state index in [0.29, 0.717) is 11.5 Å². The van der Waals surface area contributed by atoms with Gasteiger partial charge in [-0.25, -0.2) is 0 Å². The van der Waals surface area contributed by atoms with E-state index in [-0.39, 0.29) is 23.4 Å². The number of nitrogens with one attached hydrogen (secondary N) is 1. The van der Waals surface area contributed by atoms with E-state index in [2.05, 4.69) is 57.3 Å².